The molecule has 1 fully saturated rings. The first-order chi connectivity index (χ1) is 25.1. The number of carbonyl (C=O) groups is 2. The Balaban J connectivity index is 1.36. The highest BCUT2D eigenvalue weighted by atomic mass is 32.2. The number of nitrogens with one attached hydrogen (secondary N) is 3. The smallest absolute Gasteiger partial charge is 0.244 e. The second-order valence-corrected chi connectivity index (χ2v) is 18.1. The Hall–Kier alpha value is -3.88. The third-order valence-corrected chi connectivity index (χ3v) is 12.9. The fourth-order valence-electron chi connectivity index (χ4n) is 6.41. The summed E-state index contributed by atoms with van der Waals surface area (Å²) < 4.78 is 42.7. The normalized spacial score (nSPS) is 15.9. The van der Waals surface area contributed by atoms with Gasteiger partial charge in [-0.05, 0) is 92.8 Å². The lowest BCUT2D eigenvalue weighted by atomic mass is 9.97. The van der Waals surface area contributed by atoms with Crippen molar-refractivity contribution < 1.29 is 27.5 Å². The third-order valence-electron chi connectivity index (χ3n) is 9.77. The predicted octanol–water partition coefficient (Wildman–Crippen LogP) is 5.01. The van der Waals surface area contributed by atoms with Crippen molar-refractivity contribution in [2.24, 2.45) is 5.92 Å². The standard InChI is InChI=1S/C40H50FN5O5S2/c1-27(2)25-46(53(50,51)32-16-17-33-29(22-32)13-10-20-42-33)26-35(47)34(21-28-11-7-6-8-12-28)44-38(49)37(39(3,4)52-5)45-36(48)24-43-40(18-19-40)30-14-9-15-31(41)23-30/h6-17,20,22-23,27,34-35,37,43,47H,18-19,21,24-26H2,1-5H3,(H,44,49)(H,45,48). The highest BCUT2D eigenvalue weighted by molar-refractivity contribution is 8.00. The van der Waals surface area contributed by atoms with Crippen LogP contribution in [0.1, 0.15) is 51.7 Å². The average Bonchev–Trinajstić information content (AvgIpc) is 3.93. The van der Waals surface area contributed by atoms with Crippen LogP contribution in [0.2, 0.25) is 0 Å². The maximum absolute atomic E-state index is 14.2. The van der Waals surface area contributed by atoms with Crippen LogP contribution in [-0.2, 0) is 31.6 Å². The molecule has 1 saturated carbocycles. The van der Waals surface area contributed by atoms with Gasteiger partial charge >= 0.3 is 0 Å². The Morgan fingerprint density at radius 1 is 0.981 bits per heavy atom. The average molecular weight is 764 g/mol. The van der Waals surface area contributed by atoms with Crippen molar-refractivity contribution in [1.29, 1.82) is 0 Å². The molecule has 13 heteroatoms. The molecule has 1 aliphatic carbocycles. The number of hydrogen-bond acceptors (Lipinski definition) is 8. The predicted molar refractivity (Wildman–Crippen MR) is 208 cm³/mol. The number of amides is 2. The lowest BCUT2D eigenvalue weighted by Gasteiger charge is -2.35. The zero-order valence-corrected chi connectivity index (χ0v) is 32.5. The lowest BCUT2D eigenvalue weighted by molar-refractivity contribution is -0.130. The van der Waals surface area contributed by atoms with Crippen LogP contribution in [0.5, 0.6) is 0 Å². The van der Waals surface area contributed by atoms with Gasteiger partial charge in [0.15, 0.2) is 0 Å². The van der Waals surface area contributed by atoms with Gasteiger partial charge in [0.2, 0.25) is 21.8 Å². The molecule has 4 N–H and O–H groups in total. The molecule has 0 radical (unpaired) electrons. The van der Waals surface area contributed by atoms with E-state index in [2.05, 4.69) is 20.9 Å². The maximum Gasteiger partial charge on any atom is 0.244 e. The monoisotopic (exact) mass is 763 g/mol. The number of benzene rings is 3. The van der Waals surface area contributed by atoms with E-state index in [0.29, 0.717) is 10.9 Å². The van der Waals surface area contributed by atoms with Crippen molar-refractivity contribution in [1.82, 2.24) is 25.2 Å². The number of rotatable bonds is 18. The Bertz CT molecular complexity index is 1990. The van der Waals surface area contributed by atoms with Gasteiger partial charge in [-0.3, -0.25) is 19.9 Å². The SMILES string of the molecule is CSC(C)(C)C(NC(=O)CNC1(c2cccc(F)c2)CC1)C(=O)NC(Cc1ccccc1)C(O)CN(CC(C)C)S(=O)(=O)c1ccc2ncccc2c1. The number of thioether (sulfide) groups is 1. The van der Waals surface area contributed by atoms with Crippen molar-refractivity contribution in [3.8, 4) is 0 Å². The van der Waals surface area contributed by atoms with E-state index in [1.807, 2.05) is 70.3 Å². The molecule has 0 saturated heterocycles. The van der Waals surface area contributed by atoms with Gasteiger partial charge in [-0.15, -0.1) is 0 Å². The van der Waals surface area contributed by atoms with Gasteiger partial charge < -0.3 is 15.7 Å². The van der Waals surface area contributed by atoms with Crippen molar-refractivity contribution in [3.05, 3.63) is 108 Å². The van der Waals surface area contributed by atoms with Crippen LogP contribution in [0.3, 0.4) is 0 Å². The summed E-state index contributed by atoms with van der Waals surface area (Å²) in [6.07, 6.45) is 3.90. The van der Waals surface area contributed by atoms with E-state index in [4.69, 9.17) is 0 Å². The Morgan fingerprint density at radius 3 is 2.38 bits per heavy atom. The second kappa shape index (κ2) is 17.1. The van der Waals surface area contributed by atoms with Gasteiger partial charge in [0, 0.05) is 35.0 Å². The topological polar surface area (TPSA) is 141 Å². The summed E-state index contributed by atoms with van der Waals surface area (Å²) in [5.41, 5.74) is 1.77. The summed E-state index contributed by atoms with van der Waals surface area (Å²) in [6, 6.07) is 22.0. The number of fused-ring (bicyclic) bond motifs is 1. The summed E-state index contributed by atoms with van der Waals surface area (Å²) in [4.78, 5) is 32.0. The minimum absolute atomic E-state index is 0.0625. The van der Waals surface area contributed by atoms with Gasteiger partial charge in [0.1, 0.15) is 11.9 Å². The van der Waals surface area contributed by atoms with E-state index in [1.54, 1.807) is 36.5 Å². The van der Waals surface area contributed by atoms with E-state index in [-0.39, 0.29) is 42.7 Å². The molecule has 3 unspecified atom stereocenters. The number of halogens is 1. The fraction of sp³-hybridized carbons (Fsp3) is 0.425. The molecule has 1 aromatic heterocycles. The van der Waals surface area contributed by atoms with Crippen LogP contribution in [0.15, 0.2) is 96.0 Å². The van der Waals surface area contributed by atoms with Gasteiger partial charge in [0.05, 0.1) is 29.1 Å². The molecule has 3 atom stereocenters. The maximum atomic E-state index is 14.2. The summed E-state index contributed by atoms with van der Waals surface area (Å²) in [7, 11) is -4.07. The van der Waals surface area contributed by atoms with E-state index in [0.717, 1.165) is 24.0 Å². The molecule has 53 heavy (non-hydrogen) atoms. The van der Waals surface area contributed by atoms with Crippen LogP contribution in [0, 0.1) is 11.7 Å². The Kier molecular flexibility index (Phi) is 13.0. The summed E-state index contributed by atoms with van der Waals surface area (Å²) in [5.74, 6) is -1.33. The first-order valence-electron chi connectivity index (χ1n) is 17.9. The summed E-state index contributed by atoms with van der Waals surface area (Å²) >= 11 is 1.41. The lowest BCUT2D eigenvalue weighted by Crippen LogP contribution is -2.61. The van der Waals surface area contributed by atoms with Crippen molar-refractivity contribution in [2.45, 2.75) is 80.3 Å². The molecular weight excluding hydrogens is 714 g/mol. The number of hydrogen-bond donors (Lipinski definition) is 4. The summed E-state index contributed by atoms with van der Waals surface area (Å²) in [6.45, 7) is 7.27. The number of aromatic nitrogens is 1. The number of pyridine rings is 1. The number of aliphatic hydroxyl groups excluding tert-OH is 1. The summed E-state index contributed by atoms with van der Waals surface area (Å²) in [5, 5.41) is 21.7. The molecule has 2 amide bonds. The molecule has 4 aromatic rings. The minimum Gasteiger partial charge on any atom is -0.390 e. The Morgan fingerprint density at radius 2 is 1.72 bits per heavy atom. The number of nitrogens with zero attached hydrogens (tertiary/aromatic N) is 2. The molecule has 0 aliphatic heterocycles. The van der Waals surface area contributed by atoms with Crippen LogP contribution in [0.4, 0.5) is 4.39 Å². The zero-order valence-electron chi connectivity index (χ0n) is 30.9. The Labute approximate surface area is 316 Å². The van der Waals surface area contributed by atoms with Crippen molar-refractivity contribution >= 4 is 44.5 Å². The molecule has 10 nitrogen and oxygen atoms in total. The largest absolute Gasteiger partial charge is 0.390 e. The van der Waals surface area contributed by atoms with E-state index >= 15 is 0 Å². The van der Waals surface area contributed by atoms with Crippen LogP contribution in [0.25, 0.3) is 10.9 Å². The van der Waals surface area contributed by atoms with E-state index < -0.39 is 50.3 Å². The molecule has 5 rings (SSSR count). The second-order valence-electron chi connectivity index (χ2n) is 14.7. The highest BCUT2D eigenvalue weighted by Crippen LogP contribution is 2.45. The molecule has 3 aromatic carbocycles. The highest BCUT2D eigenvalue weighted by Gasteiger charge is 2.45. The quantitative estimate of drug-likeness (QED) is 0.111. The van der Waals surface area contributed by atoms with Crippen molar-refractivity contribution in [3.63, 3.8) is 0 Å². The third kappa shape index (κ3) is 10.2. The first-order valence-corrected chi connectivity index (χ1v) is 20.5. The van der Waals surface area contributed by atoms with Gasteiger partial charge in [-0.1, -0.05) is 62.4 Å². The fourth-order valence-corrected chi connectivity index (χ4v) is 8.47. The van der Waals surface area contributed by atoms with Crippen LogP contribution < -0.4 is 16.0 Å². The van der Waals surface area contributed by atoms with Crippen LogP contribution in [-0.4, -0.2) is 83.5 Å². The molecule has 0 spiro atoms. The van der Waals surface area contributed by atoms with Crippen LogP contribution >= 0.6 is 11.8 Å². The molecular formula is C40H50FN5O5S2. The first kappa shape index (κ1) is 40.3. The van der Waals surface area contributed by atoms with E-state index in [9.17, 15) is 27.5 Å². The van der Waals surface area contributed by atoms with Crippen molar-refractivity contribution in [2.75, 3.05) is 25.9 Å². The number of aliphatic hydroxyl groups is 1. The molecule has 0 bridgehead atoms. The zero-order chi connectivity index (χ0) is 38.4. The molecule has 284 valence electrons. The minimum atomic E-state index is -4.07. The van der Waals surface area contributed by atoms with E-state index in [1.165, 1.54) is 34.3 Å². The van der Waals surface area contributed by atoms with Gasteiger partial charge in [-0.25, -0.2) is 12.8 Å². The number of carbonyl (C=O) groups excluding carboxylic acids is 2. The number of sulfonamides is 1. The van der Waals surface area contributed by atoms with Gasteiger partial charge in [-0.2, -0.15) is 16.1 Å². The van der Waals surface area contributed by atoms with Gasteiger partial charge in [0.25, 0.3) is 0 Å². The molecule has 1 heterocycles. The molecule has 1 aliphatic rings.